The molecule has 5 nitrogen and oxygen atoms in total. The van der Waals surface area contributed by atoms with Gasteiger partial charge in [-0.05, 0) is 0 Å². The molecule has 3 aromatic carbocycles. The van der Waals surface area contributed by atoms with Gasteiger partial charge in [0.1, 0.15) is 0 Å². The second-order valence-electron chi connectivity index (χ2n) is 7.86. The maximum absolute atomic E-state index is 13.9. The van der Waals surface area contributed by atoms with Gasteiger partial charge in [-0.2, -0.15) is 0 Å². The van der Waals surface area contributed by atoms with E-state index in [1.807, 2.05) is 0 Å². The van der Waals surface area contributed by atoms with Gasteiger partial charge >= 0.3 is 203 Å². The van der Waals surface area contributed by atoms with Crippen LogP contribution in [0.4, 0.5) is 13.2 Å². The molecule has 0 heterocycles. The topological polar surface area (TPSA) is 72.8 Å². The predicted molar refractivity (Wildman–Crippen MR) is 133 cm³/mol. The van der Waals surface area contributed by atoms with Gasteiger partial charge in [0.05, 0.1) is 0 Å². The third-order valence-corrected chi connectivity index (χ3v) is 13.5. The van der Waals surface area contributed by atoms with Crippen LogP contribution in [0.1, 0.15) is 0 Å². The van der Waals surface area contributed by atoms with Crippen molar-refractivity contribution >= 4 is 32.9 Å². The van der Waals surface area contributed by atoms with Crippen LogP contribution in [0.2, 0.25) is 0 Å². The second kappa shape index (κ2) is 10.6. The fourth-order valence-electron chi connectivity index (χ4n) is 4.15. The van der Waals surface area contributed by atoms with Crippen LogP contribution in [-0.2, 0) is 18.8 Å². The molecule has 0 amide bonds. The van der Waals surface area contributed by atoms with Crippen molar-refractivity contribution in [2.24, 2.45) is 0 Å². The Labute approximate surface area is 203 Å². The SMILES string of the molecule is C=CCOCC(O)CP(OS(=O)(=O)C(F)(F)F)(c1ccccc1)(c1ccccc1)c1ccccc1. The van der Waals surface area contributed by atoms with E-state index in [9.17, 15) is 26.7 Å². The van der Waals surface area contributed by atoms with Crippen molar-refractivity contribution in [2.45, 2.75) is 11.6 Å². The molecule has 0 spiro atoms. The standard InChI is InChI=1S/C25H26F3O5PS/c1-2-18-32-19-21(29)20-34(22-12-6-3-7-13-22,23-14-8-4-9-15-23,24-16-10-5-11-17-24)33-35(30,31)25(26,27)28/h2-17,21,29H,1,18-20H2. The zero-order valence-corrected chi connectivity index (χ0v) is 20.4. The van der Waals surface area contributed by atoms with Gasteiger partial charge in [0.25, 0.3) is 0 Å². The summed E-state index contributed by atoms with van der Waals surface area (Å²) in [4.78, 5) is 0. The predicted octanol–water partition coefficient (Wildman–Crippen LogP) is 3.86. The average molecular weight is 527 g/mol. The van der Waals surface area contributed by atoms with Crippen molar-refractivity contribution in [3.05, 3.63) is 104 Å². The Bertz CT molecular complexity index is 1120. The summed E-state index contributed by atoms with van der Waals surface area (Å²) < 4.78 is 78.1. The molecule has 3 aromatic rings. The summed E-state index contributed by atoms with van der Waals surface area (Å²) in [5.41, 5.74) is -5.70. The van der Waals surface area contributed by atoms with Gasteiger partial charge in [-0.3, -0.25) is 0 Å². The molecule has 0 radical (unpaired) electrons. The molecule has 35 heavy (non-hydrogen) atoms. The van der Waals surface area contributed by atoms with Crippen molar-refractivity contribution in [1.82, 2.24) is 0 Å². The molecular formula is C25H26F3O5PS. The molecule has 10 heteroatoms. The summed E-state index contributed by atoms with van der Waals surface area (Å²) >= 11 is 0. The van der Waals surface area contributed by atoms with E-state index < -0.39 is 34.7 Å². The first-order chi connectivity index (χ1) is 16.6. The Morgan fingerprint density at radius 3 is 1.60 bits per heavy atom. The van der Waals surface area contributed by atoms with Gasteiger partial charge in [0.2, 0.25) is 0 Å². The third kappa shape index (κ3) is 5.20. The molecule has 0 aliphatic rings. The first-order valence-electron chi connectivity index (χ1n) is 10.6. The maximum atomic E-state index is 13.9. The van der Waals surface area contributed by atoms with E-state index in [-0.39, 0.29) is 29.1 Å². The third-order valence-electron chi connectivity index (χ3n) is 5.56. The molecule has 0 aromatic heterocycles. The summed E-state index contributed by atoms with van der Waals surface area (Å²) in [6, 6.07) is 23.7. The second-order valence-corrected chi connectivity index (χ2v) is 14.2. The van der Waals surface area contributed by atoms with E-state index in [0.717, 1.165) is 0 Å². The number of aliphatic hydroxyl groups excluding tert-OH is 1. The Hall–Kier alpha value is -2.55. The van der Waals surface area contributed by atoms with Crippen LogP contribution in [0.15, 0.2) is 104 Å². The van der Waals surface area contributed by atoms with E-state index in [1.165, 1.54) is 42.5 Å². The Kier molecular flexibility index (Phi) is 8.19. The summed E-state index contributed by atoms with van der Waals surface area (Å²) in [7, 11) is -6.14. The van der Waals surface area contributed by atoms with E-state index in [2.05, 4.69) is 6.58 Å². The average Bonchev–Trinajstić information content (AvgIpc) is 2.84. The molecule has 0 fully saturated rings. The van der Waals surface area contributed by atoms with Crippen LogP contribution in [0.25, 0.3) is 0 Å². The van der Waals surface area contributed by atoms with Gasteiger partial charge in [-0.1, -0.05) is 0 Å². The minimum absolute atomic E-state index is 0.0940. The van der Waals surface area contributed by atoms with Crippen molar-refractivity contribution in [3.8, 4) is 0 Å². The van der Waals surface area contributed by atoms with Crippen LogP contribution in [-0.4, -0.2) is 44.5 Å². The van der Waals surface area contributed by atoms with Crippen molar-refractivity contribution < 1.29 is 35.4 Å². The van der Waals surface area contributed by atoms with Crippen LogP contribution >= 0.6 is 6.83 Å². The quantitative estimate of drug-likeness (QED) is 0.178. The zero-order valence-electron chi connectivity index (χ0n) is 18.7. The molecule has 0 saturated heterocycles. The molecular weight excluding hydrogens is 500 g/mol. The van der Waals surface area contributed by atoms with Crippen molar-refractivity contribution in [2.75, 3.05) is 19.4 Å². The number of hydrogen-bond donors (Lipinski definition) is 1. The van der Waals surface area contributed by atoms with E-state index in [1.54, 1.807) is 54.6 Å². The Balaban J connectivity index is 2.49. The van der Waals surface area contributed by atoms with Crippen molar-refractivity contribution in [3.63, 3.8) is 0 Å². The number of rotatable bonds is 11. The molecule has 0 aliphatic carbocycles. The number of halogens is 3. The number of aliphatic hydroxyl groups is 1. The van der Waals surface area contributed by atoms with Crippen LogP contribution in [0.3, 0.4) is 0 Å². The van der Waals surface area contributed by atoms with Crippen LogP contribution < -0.4 is 15.9 Å². The fourth-order valence-corrected chi connectivity index (χ4v) is 12.3. The molecule has 3 rings (SSSR count). The Morgan fingerprint density at radius 2 is 1.26 bits per heavy atom. The van der Waals surface area contributed by atoms with Gasteiger partial charge in [-0.25, -0.2) is 0 Å². The Morgan fingerprint density at radius 1 is 0.857 bits per heavy atom. The molecule has 0 bridgehead atoms. The minimum atomic E-state index is -6.14. The number of alkyl halides is 3. The van der Waals surface area contributed by atoms with Crippen LogP contribution in [0, 0.1) is 0 Å². The van der Waals surface area contributed by atoms with Gasteiger partial charge in [-0.15, -0.1) is 0 Å². The molecule has 1 unspecified atom stereocenters. The summed E-state index contributed by atoms with van der Waals surface area (Å²) in [5, 5.41) is 11.7. The number of benzene rings is 3. The number of ether oxygens (including phenoxy) is 1. The molecule has 0 saturated carbocycles. The first kappa shape index (κ1) is 27.0. The zero-order chi connectivity index (χ0) is 25.6. The van der Waals surface area contributed by atoms with Gasteiger partial charge in [0, 0.05) is 0 Å². The first-order valence-corrected chi connectivity index (χ1v) is 14.4. The van der Waals surface area contributed by atoms with Crippen molar-refractivity contribution in [1.29, 1.82) is 0 Å². The van der Waals surface area contributed by atoms with E-state index >= 15 is 0 Å². The number of hydrogen-bond acceptors (Lipinski definition) is 5. The monoisotopic (exact) mass is 526 g/mol. The summed E-state index contributed by atoms with van der Waals surface area (Å²) in [5.74, 6) is 0. The summed E-state index contributed by atoms with van der Waals surface area (Å²) in [6.45, 7) is -1.68. The molecule has 1 N–H and O–H groups in total. The summed E-state index contributed by atoms with van der Waals surface area (Å²) in [6.07, 6.45) is -0.393. The van der Waals surface area contributed by atoms with Crippen LogP contribution in [0.5, 0.6) is 0 Å². The van der Waals surface area contributed by atoms with Gasteiger partial charge < -0.3 is 0 Å². The molecule has 0 aliphatic heterocycles. The molecule has 1 atom stereocenters. The van der Waals surface area contributed by atoms with E-state index in [0.29, 0.717) is 0 Å². The molecule has 188 valence electrons. The van der Waals surface area contributed by atoms with Gasteiger partial charge in [0.15, 0.2) is 0 Å². The fraction of sp³-hybridized carbons (Fsp3) is 0.200. The normalized spacial score (nSPS) is 14.6. The van der Waals surface area contributed by atoms with E-state index in [4.69, 9.17) is 8.71 Å².